The molecule has 0 saturated heterocycles. The first-order valence-corrected chi connectivity index (χ1v) is 7.62. The number of rotatable bonds is 8. The van der Waals surface area contributed by atoms with E-state index in [4.69, 9.17) is 16.3 Å². The first kappa shape index (κ1) is 17.3. The van der Waals surface area contributed by atoms with Gasteiger partial charge in [-0.15, -0.1) is 0 Å². The highest BCUT2D eigenvalue weighted by molar-refractivity contribution is 6.30. The zero-order valence-electron chi connectivity index (χ0n) is 13.0. The van der Waals surface area contributed by atoms with E-state index in [1.165, 1.54) is 0 Å². The van der Waals surface area contributed by atoms with Gasteiger partial charge in [-0.25, -0.2) is 0 Å². The predicted molar refractivity (Wildman–Crippen MR) is 86.8 cm³/mol. The third-order valence-electron chi connectivity index (χ3n) is 2.75. The van der Waals surface area contributed by atoms with Gasteiger partial charge in [-0.3, -0.25) is 0 Å². The molecule has 1 atom stereocenters. The lowest BCUT2D eigenvalue weighted by atomic mass is 10.1. The maximum absolute atomic E-state index is 5.92. The summed E-state index contributed by atoms with van der Waals surface area (Å²) in [6.07, 6.45) is 1.24. The second-order valence-electron chi connectivity index (χ2n) is 6.12. The SMILES string of the molecule is CC(CNCCCNC(C)(C)C)Oc1cccc(Cl)c1. The molecule has 114 valence electrons. The van der Waals surface area contributed by atoms with E-state index in [1.807, 2.05) is 24.3 Å². The average Bonchev–Trinajstić information content (AvgIpc) is 2.32. The van der Waals surface area contributed by atoms with Gasteiger partial charge in [0.15, 0.2) is 0 Å². The van der Waals surface area contributed by atoms with Crippen molar-refractivity contribution in [1.29, 1.82) is 0 Å². The summed E-state index contributed by atoms with van der Waals surface area (Å²) >= 11 is 5.92. The minimum atomic E-state index is 0.129. The molecular formula is C16H27ClN2O. The third kappa shape index (κ3) is 8.41. The second-order valence-corrected chi connectivity index (χ2v) is 6.56. The van der Waals surface area contributed by atoms with Crippen LogP contribution in [0.5, 0.6) is 5.75 Å². The molecule has 1 aromatic carbocycles. The molecule has 2 N–H and O–H groups in total. The lowest BCUT2D eigenvalue weighted by Crippen LogP contribution is -2.38. The molecule has 0 bridgehead atoms. The van der Waals surface area contributed by atoms with Gasteiger partial charge in [-0.1, -0.05) is 17.7 Å². The van der Waals surface area contributed by atoms with Crippen molar-refractivity contribution in [2.45, 2.75) is 45.8 Å². The Bertz CT molecular complexity index is 390. The summed E-state index contributed by atoms with van der Waals surface area (Å²) in [6, 6.07) is 7.51. The van der Waals surface area contributed by atoms with Crippen molar-refractivity contribution < 1.29 is 4.74 Å². The zero-order chi connectivity index (χ0) is 15.0. The van der Waals surface area contributed by atoms with Crippen LogP contribution in [0.4, 0.5) is 0 Å². The molecule has 0 saturated carbocycles. The number of benzene rings is 1. The molecule has 0 aliphatic rings. The van der Waals surface area contributed by atoms with Crippen LogP contribution in [0.2, 0.25) is 5.02 Å². The van der Waals surface area contributed by atoms with Gasteiger partial charge in [0.1, 0.15) is 11.9 Å². The van der Waals surface area contributed by atoms with Crippen LogP contribution in [0.3, 0.4) is 0 Å². The van der Waals surface area contributed by atoms with Gasteiger partial charge in [-0.2, -0.15) is 0 Å². The highest BCUT2D eigenvalue weighted by Gasteiger charge is 2.07. The standard InChI is InChI=1S/C16H27ClN2O/c1-13(20-15-8-5-7-14(17)11-15)12-18-9-6-10-19-16(2,3)4/h5,7-8,11,13,18-19H,6,9-10,12H2,1-4H3. The van der Waals surface area contributed by atoms with E-state index in [1.54, 1.807) is 0 Å². The Balaban J connectivity index is 2.10. The van der Waals surface area contributed by atoms with E-state index in [0.717, 1.165) is 31.8 Å². The van der Waals surface area contributed by atoms with E-state index in [2.05, 4.69) is 38.3 Å². The Hall–Kier alpha value is -0.770. The van der Waals surface area contributed by atoms with Crippen LogP contribution < -0.4 is 15.4 Å². The van der Waals surface area contributed by atoms with Gasteiger partial charge in [0.2, 0.25) is 0 Å². The Morgan fingerprint density at radius 3 is 2.65 bits per heavy atom. The molecular weight excluding hydrogens is 272 g/mol. The van der Waals surface area contributed by atoms with Crippen molar-refractivity contribution in [2.24, 2.45) is 0 Å². The fraction of sp³-hybridized carbons (Fsp3) is 0.625. The summed E-state index contributed by atoms with van der Waals surface area (Å²) in [5.74, 6) is 0.821. The van der Waals surface area contributed by atoms with Crippen LogP contribution in [-0.2, 0) is 0 Å². The van der Waals surface area contributed by atoms with Crippen LogP contribution in [0.15, 0.2) is 24.3 Å². The van der Waals surface area contributed by atoms with Gasteiger partial charge in [0.25, 0.3) is 0 Å². The largest absolute Gasteiger partial charge is 0.489 e. The van der Waals surface area contributed by atoms with Crippen LogP contribution in [0, 0.1) is 0 Å². The predicted octanol–water partition coefficient (Wildman–Crippen LogP) is 3.48. The maximum atomic E-state index is 5.92. The number of ether oxygens (including phenoxy) is 1. The van der Waals surface area contributed by atoms with Crippen molar-refractivity contribution in [1.82, 2.24) is 10.6 Å². The Morgan fingerprint density at radius 1 is 1.25 bits per heavy atom. The van der Waals surface area contributed by atoms with Crippen molar-refractivity contribution in [3.05, 3.63) is 29.3 Å². The van der Waals surface area contributed by atoms with Crippen LogP contribution >= 0.6 is 11.6 Å². The van der Waals surface area contributed by atoms with E-state index in [9.17, 15) is 0 Å². The number of nitrogens with one attached hydrogen (secondary N) is 2. The Morgan fingerprint density at radius 2 is 2.00 bits per heavy atom. The minimum absolute atomic E-state index is 0.129. The summed E-state index contributed by atoms with van der Waals surface area (Å²) in [5, 5.41) is 7.58. The van der Waals surface area contributed by atoms with Crippen molar-refractivity contribution in [3.8, 4) is 5.75 Å². The highest BCUT2D eigenvalue weighted by Crippen LogP contribution is 2.18. The topological polar surface area (TPSA) is 33.3 Å². The van der Waals surface area contributed by atoms with Crippen LogP contribution in [-0.4, -0.2) is 31.3 Å². The van der Waals surface area contributed by atoms with Gasteiger partial charge < -0.3 is 15.4 Å². The molecule has 0 radical (unpaired) electrons. The molecule has 0 aliphatic carbocycles. The number of hydrogen-bond acceptors (Lipinski definition) is 3. The quantitative estimate of drug-likeness (QED) is 0.721. The molecule has 0 heterocycles. The molecule has 0 aromatic heterocycles. The number of halogens is 1. The van der Waals surface area contributed by atoms with E-state index in [0.29, 0.717) is 5.02 Å². The van der Waals surface area contributed by atoms with Crippen molar-refractivity contribution in [3.63, 3.8) is 0 Å². The third-order valence-corrected chi connectivity index (χ3v) is 2.99. The lowest BCUT2D eigenvalue weighted by molar-refractivity contribution is 0.217. The highest BCUT2D eigenvalue weighted by atomic mass is 35.5. The van der Waals surface area contributed by atoms with E-state index < -0.39 is 0 Å². The summed E-state index contributed by atoms with van der Waals surface area (Å²) in [6.45, 7) is 11.5. The molecule has 0 aliphatic heterocycles. The van der Waals surface area contributed by atoms with E-state index in [-0.39, 0.29) is 11.6 Å². The zero-order valence-corrected chi connectivity index (χ0v) is 13.8. The summed E-state index contributed by atoms with van der Waals surface area (Å²) in [7, 11) is 0. The van der Waals surface area contributed by atoms with Crippen molar-refractivity contribution in [2.75, 3.05) is 19.6 Å². The monoisotopic (exact) mass is 298 g/mol. The molecule has 0 amide bonds. The molecule has 4 heteroatoms. The normalized spacial score (nSPS) is 13.2. The summed E-state index contributed by atoms with van der Waals surface area (Å²) in [4.78, 5) is 0. The first-order chi connectivity index (χ1) is 9.37. The smallest absolute Gasteiger partial charge is 0.121 e. The molecule has 3 nitrogen and oxygen atoms in total. The molecule has 20 heavy (non-hydrogen) atoms. The molecule has 1 aromatic rings. The average molecular weight is 299 g/mol. The molecule has 1 rings (SSSR count). The first-order valence-electron chi connectivity index (χ1n) is 7.25. The molecule has 1 unspecified atom stereocenters. The fourth-order valence-corrected chi connectivity index (χ4v) is 1.98. The second kappa shape index (κ2) is 8.50. The van der Waals surface area contributed by atoms with E-state index >= 15 is 0 Å². The van der Waals surface area contributed by atoms with Gasteiger partial charge in [0, 0.05) is 17.1 Å². The van der Waals surface area contributed by atoms with Gasteiger partial charge in [-0.05, 0) is 65.4 Å². The molecule has 0 spiro atoms. The Kier molecular flexibility index (Phi) is 7.35. The summed E-state index contributed by atoms with van der Waals surface area (Å²) in [5.41, 5.74) is 0.197. The van der Waals surface area contributed by atoms with Gasteiger partial charge >= 0.3 is 0 Å². The van der Waals surface area contributed by atoms with Crippen molar-refractivity contribution >= 4 is 11.6 Å². The molecule has 0 fully saturated rings. The lowest BCUT2D eigenvalue weighted by Gasteiger charge is -2.20. The number of hydrogen-bond donors (Lipinski definition) is 2. The summed E-state index contributed by atoms with van der Waals surface area (Å²) < 4.78 is 5.79. The van der Waals surface area contributed by atoms with Crippen LogP contribution in [0.1, 0.15) is 34.1 Å². The Labute approximate surface area is 128 Å². The fourth-order valence-electron chi connectivity index (χ4n) is 1.80. The van der Waals surface area contributed by atoms with Crippen LogP contribution in [0.25, 0.3) is 0 Å². The maximum Gasteiger partial charge on any atom is 0.121 e. The minimum Gasteiger partial charge on any atom is -0.489 e. The van der Waals surface area contributed by atoms with Gasteiger partial charge in [0.05, 0.1) is 0 Å².